The highest BCUT2D eigenvalue weighted by molar-refractivity contribution is 9.10. The van der Waals surface area contributed by atoms with Gasteiger partial charge in [-0.2, -0.15) is 5.10 Å². The Hall–Kier alpha value is -0.840. The largest absolute Gasteiger partial charge is 0.330 e. The Balaban J connectivity index is 2.43. The second-order valence-electron chi connectivity index (χ2n) is 4.83. The third-order valence-corrected chi connectivity index (χ3v) is 3.74. The molecule has 1 aromatic heterocycles. The summed E-state index contributed by atoms with van der Waals surface area (Å²) in [5.74, 6) is 0. The van der Waals surface area contributed by atoms with Crippen molar-refractivity contribution in [1.29, 1.82) is 0 Å². The summed E-state index contributed by atoms with van der Waals surface area (Å²) in [5.41, 5.74) is 7.56. The first-order valence-electron chi connectivity index (χ1n) is 5.66. The molecule has 0 saturated heterocycles. The molecule has 1 aromatic carbocycles. The fourth-order valence-corrected chi connectivity index (χ4v) is 2.57. The normalized spacial score (nSPS) is 11.8. The lowest BCUT2D eigenvalue weighted by Gasteiger charge is -2.20. The average Bonchev–Trinajstić information content (AvgIpc) is 2.73. The molecule has 0 radical (unpaired) electrons. The van der Waals surface area contributed by atoms with Crippen molar-refractivity contribution >= 4 is 27.5 Å². The molecule has 0 atom stereocenters. The number of benzene rings is 1. The quantitative estimate of drug-likeness (QED) is 0.937. The molecule has 0 unspecified atom stereocenters. The molecule has 18 heavy (non-hydrogen) atoms. The van der Waals surface area contributed by atoms with E-state index in [1.54, 1.807) is 0 Å². The summed E-state index contributed by atoms with van der Waals surface area (Å²) in [5, 5.41) is 5.31. The summed E-state index contributed by atoms with van der Waals surface area (Å²) in [7, 11) is 0. The van der Waals surface area contributed by atoms with Crippen LogP contribution in [0.15, 0.2) is 34.9 Å². The molecule has 0 aliphatic carbocycles. The van der Waals surface area contributed by atoms with Gasteiger partial charge < -0.3 is 5.73 Å². The summed E-state index contributed by atoms with van der Waals surface area (Å²) in [6, 6.07) is 7.56. The summed E-state index contributed by atoms with van der Waals surface area (Å²) >= 11 is 9.42. The molecule has 0 saturated carbocycles. The summed E-state index contributed by atoms with van der Waals surface area (Å²) in [6.07, 6.45) is 1.94. The van der Waals surface area contributed by atoms with Crippen molar-refractivity contribution < 1.29 is 0 Å². The molecule has 2 N–H and O–H groups in total. The Kier molecular flexibility index (Phi) is 3.80. The van der Waals surface area contributed by atoms with Gasteiger partial charge in [-0.1, -0.05) is 25.4 Å². The molecule has 0 aliphatic heterocycles. The van der Waals surface area contributed by atoms with E-state index in [0.29, 0.717) is 11.6 Å². The second kappa shape index (κ2) is 5.03. The van der Waals surface area contributed by atoms with Gasteiger partial charge in [-0.25, -0.2) is 4.68 Å². The van der Waals surface area contributed by atoms with Crippen LogP contribution in [-0.4, -0.2) is 16.3 Å². The van der Waals surface area contributed by atoms with Crippen molar-refractivity contribution in [3.63, 3.8) is 0 Å². The van der Waals surface area contributed by atoms with Crippen LogP contribution in [-0.2, 0) is 5.41 Å². The first kappa shape index (κ1) is 13.6. The highest BCUT2D eigenvalue weighted by Crippen LogP contribution is 2.29. The summed E-state index contributed by atoms with van der Waals surface area (Å²) in [4.78, 5) is 0. The Morgan fingerprint density at radius 1 is 1.33 bits per heavy atom. The monoisotopic (exact) mass is 327 g/mol. The van der Waals surface area contributed by atoms with Gasteiger partial charge in [0.1, 0.15) is 0 Å². The fourth-order valence-electron chi connectivity index (χ4n) is 1.63. The zero-order chi connectivity index (χ0) is 13.3. The number of aromatic nitrogens is 2. The lowest BCUT2D eigenvalue weighted by Crippen LogP contribution is -2.29. The highest BCUT2D eigenvalue weighted by atomic mass is 79.9. The van der Waals surface area contributed by atoms with Crippen molar-refractivity contribution in [1.82, 2.24) is 9.78 Å². The predicted octanol–water partition coefficient (Wildman–Crippen LogP) is 3.52. The maximum Gasteiger partial charge on any atom is 0.0839 e. The molecule has 2 rings (SSSR count). The zero-order valence-electron chi connectivity index (χ0n) is 10.3. The molecule has 2 aromatic rings. The van der Waals surface area contributed by atoms with Crippen LogP contribution in [0.25, 0.3) is 5.69 Å². The van der Waals surface area contributed by atoms with Crippen LogP contribution in [0, 0.1) is 0 Å². The number of rotatable bonds is 3. The first-order valence-corrected chi connectivity index (χ1v) is 6.83. The van der Waals surface area contributed by atoms with Crippen molar-refractivity contribution in [2.24, 2.45) is 5.73 Å². The van der Waals surface area contributed by atoms with E-state index in [1.807, 2.05) is 35.1 Å². The van der Waals surface area contributed by atoms with Gasteiger partial charge in [-0.15, -0.1) is 0 Å². The van der Waals surface area contributed by atoms with Crippen LogP contribution in [0.5, 0.6) is 0 Å². The fraction of sp³-hybridized carbons (Fsp3) is 0.308. The first-order chi connectivity index (χ1) is 8.44. The van der Waals surface area contributed by atoms with E-state index in [-0.39, 0.29) is 5.41 Å². The van der Waals surface area contributed by atoms with Crippen LogP contribution in [0.3, 0.4) is 0 Å². The lowest BCUT2D eigenvalue weighted by atomic mass is 9.90. The number of nitrogens with two attached hydrogens (primary N) is 1. The van der Waals surface area contributed by atoms with Crippen molar-refractivity contribution in [3.05, 3.63) is 45.7 Å². The Labute approximate surface area is 120 Å². The van der Waals surface area contributed by atoms with Gasteiger partial charge in [0, 0.05) is 23.2 Å². The van der Waals surface area contributed by atoms with E-state index < -0.39 is 0 Å². The molecule has 5 heteroatoms. The number of hydrogen-bond donors (Lipinski definition) is 1. The summed E-state index contributed by atoms with van der Waals surface area (Å²) < 4.78 is 2.79. The zero-order valence-corrected chi connectivity index (χ0v) is 12.7. The molecular weight excluding hydrogens is 314 g/mol. The SMILES string of the molecule is CC(C)(CN)c1nn(-c2ccc(Cl)cc2)cc1Br. The predicted molar refractivity (Wildman–Crippen MR) is 78.4 cm³/mol. The third-order valence-electron chi connectivity index (χ3n) is 2.91. The van der Waals surface area contributed by atoms with Crippen LogP contribution in [0.2, 0.25) is 5.02 Å². The van der Waals surface area contributed by atoms with Gasteiger partial charge in [0.15, 0.2) is 0 Å². The van der Waals surface area contributed by atoms with Crippen LogP contribution in [0.4, 0.5) is 0 Å². The van der Waals surface area contributed by atoms with E-state index in [0.717, 1.165) is 15.9 Å². The van der Waals surface area contributed by atoms with Crippen molar-refractivity contribution in [2.45, 2.75) is 19.3 Å². The second-order valence-corrected chi connectivity index (χ2v) is 6.13. The van der Waals surface area contributed by atoms with Crippen LogP contribution in [0.1, 0.15) is 19.5 Å². The van der Waals surface area contributed by atoms with E-state index in [9.17, 15) is 0 Å². The smallest absolute Gasteiger partial charge is 0.0839 e. The van der Waals surface area contributed by atoms with Gasteiger partial charge in [-0.05, 0) is 40.2 Å². The van der Waals surface area contributed by atoms with Crippen molar-refractivity contribution in [3.8, 4) is 5.69 Å². The molecule has 0 spiro atoms. The van der Waals surface area contributed by atoms with E-state index >= 15 is 0 Å². The Bertz CT molecular complexity index is 546. The van der Waals surface area contributed by atoms with Gasteiger partial charge in [-0.3, -0.25) is 0 Å². The topological polar surface area (TPSA) is 43.8 Å². The van der Waals surface area contributed by atoms with Gasteiger partial charge in [0.2, 0.25) is 0 Å². The minimum atomic E-state index is -0.156. The van der Waals surface area contributed by atoms with E-state index in [4.69, 9.17) is 17.3 Å². The molecule has 0 amide bonds. The average molecular weight is 329 g/mol. The summed E-state index contributed by atoms with van der Waals surface area (Å²) in [6.45, 7) is 4.70. The molecule has 3 nitrogen and oxygen atoms in total. The number of halogens is 2. The molecule has 0 bridgehead atoms. The molecule has 0 aliphatic rings. The minimum Gasteiger partial charge on any atom is -0.330 e. The molecule has 0 fully saturated rings. The molecule has 96 valence electrons. The van der Waals surface area contributed by atoms with Gasteiger partial charge >= 0.3 is 0 Å². The number of hydrogen-bond acceptors (Lipinski definition) is 2. The van der Waals surface area contributed by atoms with Gasteiger partial charge in [0.05, 0.1) is 15.9 Å². The standard InChI is InChI=1S/C13H15BrClN3/c1-13(2,8-16)12-11(14)7-18(17-12)10-5-3-9(15)4-6-10/h3-7H,8,16H2,1-2H3. The maximum absolute atomic E-state index is 5.88. The highest BCUT2D eigenvalue weighted by Gasteiger charge is 2.25. The van der Waals surface area contributed by atoms with E-state index in [2.05, 4.69) is 34.9 Å². The third kappa shape index (κ3) is 2.60. The Morgan fingerprint density at radius 3 is 2.50 bits per heavy atom. The molecular formula is C13H15BrClN3. The molecule has 1 heterocycles. The van der Waals surface area contributed by atoms with Crippen molar-refractivity contribution in [2.75, 3.05) is 6.54 Å². The van der Waals surface area contributed by atoms with Crippen LogP contribution < -0.4 is 5.73 Å². The van der Waals surface area contributed by atoms with E-state index in [1.165, 1.54) is 0 Å². The lowest BCUT2D eigenvalue weighted by molar-refractivity contribution is 0.513. The Morgan fingerprint density at radius 2 is 1.94 bits per heavy atom. The minimum absolute atomic E-state index is 0.156. The van der Waals surface area contributed by atoms with Crippen LogP contribution >= 0.6 is 27.5 Å². The maximum atomic E-state index is 5.88. The van der Waals surface area contributed by atoms with Gasteiger partial charge in [0.25, 0.3) is 0 Å². The number of nitrogens with zero attached hydrogens (tertiary/aromatic N) is 2.